The molecule has 120 valence electrons. The zero-order valence-electron chi connectivity index (χ0n) is 14.8. The molecule has 4 atom stereocenters. The van der Waals surface area contributed by atoms with E-state index in [1.165, 1.54) is 57.8 Å². The van der Waals surface area contributed by atoms with Crippen LogP contribution in [0.15, 0.2) is 0 Å². The highest BCUT2D eigenvalue weighted by Gasteiger charge is 2.30. The van der Waals surface area contributed by atoms with E-state index in [2.05, 4.69) is 13.8 Å². The third kappa shape index (κ3) is 5.78. The van der Waals surface area contributed by atoms with Gasteiger partial charge >= 0.3 is 0 Å². The molecule has 0 amide bonds. The van der Waals surface area contributed by atoms with Crippen molar-refractivity contribution >= 4 is 0 Å². The summed E-state index contributed by atoms with van der Waals surface area (Å²) in [5.74, 6) is 4.21. The summed E-state index contributed by atoms with van der Waals surface area (Å²) in [4.78, 5) is 0. The van der Waals surface area contributed by atoms with Crippen molar-refractivity contribution < 1.29 is 0 Å². The first-order valence-corrected chi connectivity index (χ1v) is 9.81. The monoisotopic (exact) mass is 280 g/mol. The summed E-state index contributed by atoms with van der Waals surface area (Å²) in [7, 11) is 0. The first kappa shape index (κ1) is 18.1. The predicted octanol–water partition coefficient (Wildman–Crippen LogP) is 7.23. The Morgan fingerprint density at radius 3 is 2.10 bits per heavy atom. The van der Waals surface area contributed by atoms with Crippen LogP contribution in [-0.2, 0) is 0 Å². The van der Waals surface area contributed by atoms with Gasteiger partial charge in [-0.25, -0.2) is 0 Å². The molecule has 4 unspecified atom stereocenters. The summed E-state index contributed by atoms with van der Waals surface area (Å²) in [6, 6.07) is 0. The van der Waals surface area contributed by atoms with E-state index in [1.54, 1.807) is 19.3 Å². The van der Waals surface area contributed by atoms with Gasteiger partial charge in [0.15, 0.2) is 0 Å². The Kier molecular flexibility index (Phi) is 9.65. The van der Waals surface area contributed by atoms with Crippen molar-refractivity contribution in [2.24, 2.45) is 23.7 Å². The standard InChI is InChI=1S/C18H34.C2H6/c1-3-16-11-9-12-17(14-16)18-13-8-6-4-5-7-10-15(18)2;1-2/h15-18H,3-14H2,1-2H3;1-2H3. The molecular formula is C20H40. The van der Waals surface area contributed by atoms with Crippen molar-refractivity contribution in [3.05, 3.63) is 0 Å². The first-order valence-electron chi connectivity index (χ1n) is 9.81. The molecule has 0 aliphatic heterocycles. The zero-order valence-corrected chi connectivity index (χ0v) is 14.8. The number of hydrogen-bond donors (Lipinski definition) is 0. The van der Waals surface area contributed by atoms with E-state index in [9.17, 15) is 0 Å². The van der Waals surface area contributed by atoms with Crippen LogP contribution in [0.3, 0.4) is 0 Å². The third-order valence-electron chi connectivity index (χ3n) is 5.93. The minimum absolute atomic E-state index is 1.00. The number of hydrogen-bond acceptors (Lipinski definition) is 0. The Morgan fingerprint density at radius 2 is 1.40 bits per heavy atom. The van der Waals surface area contributed by atoms with Crippen LogP contribution in [-0.4, -0.2) is 0 Å². The molecule has 2 rings (SSSR count). The van der Waals surface area contributed by atoms with Crippen LogP contribution in [0.25, 0.3) is 0 Å². The molecule has 2 aliphatic rings. The van der Waals surface area contributed by atoms with Gasteiger partial charge in [0.2, 0.25) is 0 Å². The van der Waals surface area contributed by atoms with Crippen LogP contribution in [0.1, 0.15) is 105 Å². The van der Waals surface area contributed by atoms with Crippen molar-refractivity contribution in [3.8, 4) is 0 Å². The van der Waals surface area contributed by atoms with Crippen LogP contribution in [0.2, 0.25) is 0 Å². The molecular weight excluding hydrogens is 240 g/mol. The van der Waals surface area contributed by atoms with Crippen LogP contribution < -0.4 is 0 Å². The fourth-order valence-electron chi connectivity index (χ4n) is 4.67. The SMILES string of the molecule is CC.CCC1CCCC(C2CCCCCCCC2C)C1. The second-order valence-electron chi connectivity index (χ2n) is 7.19. The summed E-state index contributed by atoms with van der Waals surface area (Å²) in [5, 5.41) is 0. The quantitative estimate of drug-likeness (QED) is 0.500. The van der Waals surface area contributed by atoms with Gasteiger partial charge in [-0.15, -0.1) is 0 Å². The van der Waals surface area contributed by atoms with Gasteiger partial charge < -0.3 is 0 Å². The average Bonchev–Trinajstić information content (AvgIpc) is 2.61. The normalized spacial score (nSPS) is 36.0. The van der Waals surface area contributed by atoms with Gasteiger partial charge in [-0.1, -0.05) is 91.9 Å². The predicted molar refractivity (Wildman–Crippen MR) is 92.1 cm³/mol. The number of rotatable bonds is 2. The third-order valence-corrected chi connectivity index (χ3v) is 5.93. The molecule has 2 fully saturated rings. The Labute approximate surface area is 129 Å². The molecule has 0 saturated heterocycles. The highest BCUT2D eigenvalue weighted by Crippen LogP contribution is 2.42. The lowest BCUT2D eigenvalue weighted by Gasteiger charge is -2.37. The van der Waals surface area contributed by atoms with E-state index in [0.717, 1.165) is 23.7 Å². The van der Waals surface area contributed by atoms with Gasteiger partial charge in [-0.2, -0.15) is 0 Å². The van der Waals surface area contributed by atoms with E-state index in [0.29, 0.717) is 0 Å². The second kappa shape index (κ2) is 10.7. The lowest BCUT2D eigenvalue weighted by molar-refractivity contribution is 0.135. The van der Waals surface area contributed by atoms with E-state index in [4.69, 9.17) is 0 Å². The van der Waals surface area contributed by atoms with Gasteiger partial charge in [-0.3, -0.25) is 0 Å². The molecule has 0 aromatic heterocycles. The summed E-state index contributed by atoms with van der Waals surface area (Å²) >= 11 is 0. The first-order chi connectivity index (χ1) is 9.81. The fraction of sp³-hybridized carbons (Fsp3) is 1.00. The molecule has 2 aliphatic carbocycles. The van der Waals surface area contributed by atoms with Gasteiger partial charge in [0.05, 0.1) is 0 Å². The fourth-order valence-corrected chi connectivity index (χ4v) is 4.67. The van der Waals surface area contributed by atoms with E-state index in [1.807, 2.05) is 13.8 Å². The maximum absolute atomic E-state index is 2.56. The highest BCUT2D eigenvalue weighted by atomic mass is 14.4. The molecule has 0 N–H and O–H groups in total. The van der Waals surface area contributed by atoms with Crippen molar-refractivity contribution in [3.63, 3.8) is 0 Å². The minimum Gasteiger partial charge on any atom is -0.0683 e. The van der Waals surface area contributed by atoms with Gasteiger partial charge in [-0.05, 0) is 36.5 Å². The maximum atomic E-state index is 2.56. The summed E-state index contributed by atoms with van der Waals surface area (Å²) in [6.45, 7) is 8.96. The Morgan fingerprint density at radius 1 is 0.750 bits per heavy atom. The Balaban J connectivity index is 0.000000956. The molecule has 0 aromatic rings. The summed E-state index contributed by atoms with van der Waals surface area (Å²) < 4.78 is 0. The largest absolute Gasteiger partial charge is 0.0683 e. The molecule has 0 spiro atoms. The Hall–Kier alpha value is 0. The molecule has 0 aromatic carbocycles. The molecule has 0 bridgehead atoms. The molecule has 2 saturated carbocycles. The topological polar surface area (TPSA) is 0 Å². The smallest absolute Gasteiger partial charge is 0.0360 e. The van der Waals surface area contributed by atoms with E-state index >= 15 is 0 Å². The zero-order chi connectivity index (χ0) is 14.8. The second-order valence-corrected chi connectivity index (χ2v) is 7.19. The van der Waals surface area contributed by atoms with Crippen molar-refractivity contribution in [1.82, 2.24) is 0 Å². The van der Waals surface area contributed by atoms with Gasteiger partial charge in [0.25, 0.3) is 0 Å². The van der Waals surface area contributed by atoms with E-state index < -0.39 is 0 Å². The summed E-state index contributed by atoms with van der Waals surface area (Å²) in [5.41, 5.74) is 0. The van der Waals surface area contributed by atoms with Crippen molar-refractivity contribution in [2.75, 3.05) is 0 Å². The lowest BCUT2D eigenvalue weighted by Crippen LogP contribution is -2.27. The minimum atomic E-state index is 1.00. The van der Waals surface area contributed by atoms with Gasteiger partial charge in [0.1, 0.15) is 0 Å². The maximum Gasteiger partial charge on any atom is -0.0360 e. The lowest BCUT2D eigenvalue weighted by atomic mass is 9.68. The van der Waals surface area contributed by atoms with Crippen LogP contribution >= 0.6 is 0 Å². The van der Waals surface area contributed by atoms with E-state index in [-0.39, 0.29) is 0 Å². The Bertz CT molecular complexity index is 220. The van der Waals surface area contributed by atoms with Crippen LogP contribution in [0.5, 0.6) is 0 Å². The molecule has 0 nitrogen and oxygen atoms in total. The molecule has 0 radical (unpaired) electrons. The van der Waals surface area contributed by atoms with Crippen LogP contribution in [0, 0.1) is 23.7 Å². The average molecular weight is 281 g/mol. The van der Waals surface area contributed by atoms with Crippen LogP contribution in [0.4, 0.5) is 0 Å². The highest BCUT2D eigenvalue weighted by molar-refractivity contribution is 4.81. The molecule has 0 heterocycles. The van der Waals surface area contributed by atoms with Crippen molar-refractivity contribution in [1.29, 1.82) is 0 Å². The van der Waals surface area contributed by atoms with Gasteiger partial charge in [0, 0.05) is 0 Å². The van der Waals surface area contributed by atoms with Crippen molar-refractivity contribution in [2.45, 2.75) is 105 Å². The molecule has 20 heavy (non-hydrogen) atoms. The molecule has 0 heteroatoms. The summed E-state index contributed by atoms with van der Waals surface area (Å²) in [6.07, 6.45) is 18.2.